The lowest BCUT2D eigenvalue weighted by molar-refractivity contribution is -0.384. The van der Waals surface area contributed by atoms with Crippen LogP contribution in [0.2, 0.25) is 0 Å². The number of H-pyrrole nitrogens is 1. The number of anilines is 3. The molecule has 3 aromatic rings. The van der Waals surface area contributed by atoms with E-state index >= 15 is 0 Å². The van der Waals surface area contributed by atoms with Gasteiger partial charge in [-0.1, -0.05) is 24.3 Å². The van der Waals surface area contributed by atoms with Gasteiger partial charge in [0.05, 0.1) is 16.4 Å². The smallest absolute Gasteiger partial charge is 0.269 e. The van der Waals surface area contributed by atoms with Gasteiger partial charge in [-0.05, 0) is 29.7 Å². The molecular weight excluding hydrogens is 440 g/mol. The summed E-state index contributed by atoms with van der Waals surface area (Å²) >= 11 is 0. The number of nitro benzene ring substituents is 1. The maximum absolute atomic E-state index is 13.0. The normalized spacial score (nSPS) is 16.8. The zero-order valence-electron chi connectivity index (χ0n) is 17.9. The zero-order chi connectivity index (χ0) is 23.8. The van der Waals surface area contributed by atoms with E-state index in [9.17, 15) is 24.5 Å². The number of aromatic nitrogens is 2. The Labute approximate surface area is 193 Å². The number of fused-ring (bicyclic) bond motifs is 2. The Balaban J connectivity index is 1.41. The third kappa shape index (κ3) is 3.98. The van der Waals surface area contributed by atoms with E-state index in [0.29, 0.717) is 24.7 Å². The highest BCUT2D eigenvalue weighted by Crippen LogP contribution is 2.31. The molecule has 0 fully saturated rings. The van der Waals surface area contributed by atoms with Gasteiger partial charge in [0.15, 0.2) is 0 Å². The van der Waals surface area contributed by atoms with Gasteiger partial charge in [-0.25, -0.2) is 0 Å². The fourth-order valence-corrected chi connectivity index (χ4v) is 4.31. The fourth-order valence-electron chi connectivity index (χ4n) is 4.31. The first-order valence-corrected chi connectivity index (χ1v) is 10.7. The van der Waals surface area contributed by atoms with Crippen LogP contribution in [0.3, 0.4) is 0 Å². The number of benzene rings is 2. The number of nitro groups is 1. The number of aromatic amines is 1. The Morgan fingerprint density at radius 2 is 1.85 bits per heavy atom. The molecule has 2 amide bonds. The van der Waals surface area contributed by atoms with Gasteiger partial charge in [0, 0.05) is 37.3 Å². The molecule has 1 atom stereocenters. The van der Waals surface area contributed by atoms with Crippen molar-refractivity contribution in [2.45, 2.75) is 25.3 Å². The number of rotatable bonds is 4. The van der Waals surface area contributed by atoms with Crippen LogP contribution in [0.25, 0.3) is 0 Å². The molecule has 2 aliphatic heterocycles. The summed E-state index contributed by atoms with van der Waals surface area (Å²) in [5.41, 5.74) is 2.17. The lowest BCUT2D eigenvalue weighted by atomic mass is 9.92. The van der Waals surface area contributed by atoms with Crippen LogP contribution >= 0.6 is 0 Å². The Hall–Kier alpha value is -4.54. The van der Waals surface area contributed by atoms with Gasteiger partial charge < -0.3 is 15.5 Å². The van der Waals surface area contributed by atoms with Crippen molar-refractivity contribution in [3.63, 3.8) is 0 Å². The average Bonchev–Trinajstić information content (AvgIpc) is 2.83. The number of carbonyl (C=O) groups is 2. The van der Waals surface area contributed by atoms with Gasteiger partial charge in [-0.15, -0.1) is 0 Å². The van der Waals surface area contributed by atoms with Gasteiger partial charge in [-0.2, -0.15) is 4.98 Å². The van der Waals surface area contributed by atoms with Gasteiger partial charge in [0.25, 0.3) is 11.2 Å². The van der Waals surface area contributed by atoms with Gasteiger partial charge in [-0.3, -0.25) is 29.5 Å². The highest BCUT2D eigenvalue weighted by atomic mass is 16.6. The molecular formula is C23H20N6O5. The van der Waals surface area contributed by atoms with E-state index in [2.05, 4.69) is 26.7 Å². The van der Waals surface area contributed by atoms with Crippen LogP contribution in [0.5, 0.6) is 0 Å². The van der Waals surface area contributed by atoms with Crippen LogP contribution in [0.15, 0.2) is 53.3 Å². The number of hydrogen-bond acceptors (Lipinski definition) is 7. The van der Waals surface area contributed by atoms with Gasteiger partial charge in [0.2, 0.25) is 17.8 Å². The molecule has 3 heterocycles. The molecule has 11 nitrogen and oxygen atoms in total. The molecule has 3 N–H and O–H groups in total. The summed E-state index contributed by atoms with van der Waals surface area (Å²) in [6.45, 7) is 1.21. The van der Waals surface area contributed by atoms with Crippen molar-refractivity contribution in [2.24, 2.45) is 0 Å². The van der Waals surface area contributed by atoms with E-state index in [4.69, 9.17) is 0 Å². The molecule has 34 heavy (non-hydrogen) atoms. The first-order chi connectivity index (χ1) is 16.4. The summed E-state index contributed by atoms with van der Waals surface area (Å²) in [6, 6.07) is 13.3. The van der Waals surface area contributed by atoms with E-state index in [0.717, 1.165) is 12.0 Å². The molecule has 2 aliphatic rings. The summed E-state index contributed by atoms with van der Waals surface area (Å²) in [7, 11) is 0. The zero-order valence-corrected chi connectivity index (χ0v) is 17.9. The molecule has 5 rings (SSSR count). The average molecular weight is 460 g/mol. The third-order valence-electron chi connectivity index (χ3n) is 6.03. The van der Waals surface area contributed by atoms with Crippen LogP contribution in [0, 0.1) is 10.1 Å². The van der Waals surface area contributed by atoms with E-state index in [1.807, 2.05) is 23.1 Å². The van der Waals surface area contributed by atoms with Crippen LogP contribution < -0.4 is 21.1 Å². The number of carbonyl (C=O) groups excluding carboxylic acids is 2. The molecule has 1 unspecified atom stereocenters. The topological polar surface area (TPSA) is 150 Å². The van der Waals surface area contributed by atoms with Crippen molar-refractivity contribution < 1.29 is 14.5 Å². The van der Waals surface area contributed by atoms with Crippen molar-refractivity contribution in [2.75, 3.05) is 22.1 Å². The Morgan fingerprint density at radius 3 is 2.59 bits per heavy atom. The fraction of sp³-hybridized carbons (Fsp3) is 0.217. The monoisotopic (exact) mass is 460 g/mol. The molecule has 0 bridgehead atoms. The van der Waals surface area contributed by atoms with E-state index < -0.39 is 28.2 Å². The minimum absolute atomic E-state index is 0.0673. The molecule has 0 saturated carbocycles. The molecule has 0 aliphatic carbocycles. The second-order valence-corrected chi connectivity index (χ2v) is 8.19. The van der Waals surface area contributed by atoms with E-state index in [1.165, 1.54) is 29.8 Å². The van der Waals surface area contributed by atoms with Crippen LogP contribution in [-0.2, 0) is 22.6 Å². The van der Waals surface area contributed by atoms with Crippen LogP contribution in [0.1, 0.15) is 29.0 Å². The van der Waals surface area contributed by atoms with Gasteiger partial charge >= 0.3 is 0 Å². The number of hydrogen-bond donors (Lipinski definition) is 3. The van der Waals surface area contributed by atoms with Crippen LogP contribution in [0.4, 0.5) is 23.1 Å². The second kappa shape index (κ2) is 8.43. The Bertz CT molecular complexity index is 1370. The van der Waals surface area contributed by atoms with Crippen molar-refractivity contribution in [1.29, 1.82) is 0 Å². The lowest BCUT2D eigenvalue weighted by Gasteiger charge is -2.30. The second-order valence-electron chi connectivity index (χ2n) is 8.19. The predicted molar refractivity (Wildman–Crippen MR) is 124 cm³/mol. The summed E-state index contributed by atoms with van der Waals surface area (Å²) in [5.74, 6) is -1.65. The molecule has 0 saturated heterocycles. The first-order valence-electron chi connectivity index (χ1n) is 10.7. The van der Waals surface area contributed by atoms with Crippen LogP contribution in [-0.4, -0.2) is 33.3 Å². The molecule has 11 heteroatoms. The SMILES string of the molecule is O=C1CC(C(=O)Nc2ccc([N+](=O)[O-])cc2)c2c(nc(N3CCc4ccccc4C3)[nH]c2=O)N1. The van der Waals surface area contributed by atoms with Gasteiger partial charge in [0.1, 0.15) is 5.82 Å². The van der Waals surface area contributed by atoms with Crippen molar-refractivity contribution in [1.82, 2.24) is 9.97 Å². The standard InChI is InChI=1S/C23H20N6O5/c30-18-11-17(21(31)24-15-5-7-16(8-6-15)29(33)34)19-20(25-18)26-23(27-22(19)32)28-10-9-13-3-1-2-4-14(13)12-28/h1-8,17H,9-12H2,(H,24,31)(H2,25,26,27,30,32). The molecule has 0 spiro atoms. The highest BCUT2D eigenvalue weighted by molar-refractivity contribution is 6.04. The number of non-ortho nitro benzene ring substituents is 1. The van der Waals surface area contributed by atoms with E-state index in [-0.39, 0.29) is 23.5 Å². The summed E-state index contributed by atoms with van der Waals surface area (Å²) in [4.78, 5) is 57.8. The maximum atomic E-state index is 13.0. The number of amides is 2. The summed E-state index contributed by atoms with van der Waals surface area (Å²) in [5, 5.41) is 16.1. The Kier molecular flexibility index (Phi) is 5.28. The predicted octanol–water partition coefficient (Wildman–Crippen LogP) is 2.31. The molecule has 172 valence electrons. The number of nitrogens with one attached hydrogen (secondary N) is 3. The molecule has 1 aromatic heterocycles. The largest absolute Gasteiger partial charge is 0.338 e. The maximum Gasteiger partial charge on any atom is 0.269 e. The third-order valence-corrected chi connectivity index (χ3v) is 6.03. The minimum atomic E-state index is -1.05. The molecule has 2 aromatic carbocycles. The highest BCUT2D eigenvalue weighted by Gasteiger charge is 2.35. The van der Waals surface area contributed by atoms with Crippen molar-refractivity contribution >= 4 is 35.0 Å². The summed E-state index contributed by atoms with van der Waals surface area (Å²) < 4.78 is 0. The Morgan fingerprint density at radius 1 is 1.12 bits per heavy atom. The lowest BCUT2D eigenvalue weighted by Crippen LogP contribution is -2.38. The number of nitrogens with zero attached hydrogens (tertiary/aromatic N) is 3. The first kappa shape index (κ1) is 21.3. The summed E-state index contributed by atoms with van der Waals surface area (Å²) in [6.07, 6.45) is 0.580. The van der Waals surface area contributed by atoms with Crippen molar-refractivity contribution in [3.05, 3.63) is 85.7 Å². The minimum Gasteiger partial charge on any atom is -0.338 e. The molecule has 0 radical (unpaired) electrons. The van der Waals surface area contributed by atoms with Crippen molar-refractivity contribution in [3.8, 4) is 0 Å². The van der Waals surface area contributed by atoms with E-state index in [1.54, 1.807) is 0 Å². The quantitative estimate of drug-likeness (QED) is 0.399.